The minimum Gasteiger partial charge on any atom is -0.393 e. The molecule has 1 fully saturated rings. The van der Waals surface area contributed by atoms with E-state index < -0.39 is 16.1 Å². The lowest BCUT2D eigenvalue weighted by molar-refractivity contribution is 0.147. The van der Waals surface area contributed by atoms with Crippen molar-refractivity contribution in [1.29, 1.82) is 0 Å². The minimum atomic E-state index is -3.57. The summed E-state index contributed by atoms with van der Waals surface area (Å²) in [7, 11) is -3.57. The first-order valence-corrected chi connectivity index (χ1v) is 9.13. The Morgan fingerprint density at radius 1 is 1.48 bits per heavy atom. The molecule has 1 aromatic rings. The number of aliphatic hydroxyl groups excluding tert-OH is 1. The average Bonchev–Trinajstić information content (AvgIpc) is 2.80. The molecule has 0 spiro atoms. The van der Waals surface area contributed by atoms with Crippen LogP contribution in [0.1, 0.15) is 51.8 Å². The van der Waals surface area contributed by atoms with E-state index in [4.69, 9.17) is 0 Å². The van der Waals surface area contributed by atoms with Gasteiger partial charge < -0.3 is 10.1 Å². The van der Waals surface area contributed by atoms with E-state index in [-0.39, 0.29) is 11.1 Å². The summed E-state index contributed by atoms with van der Waals surface area (Å²) in [6.07, 6.45) is 5.76. The fourth-order valence-electron chi connectivity index (χ4n) is 2.88. The number of imidazole rings is 1. The first-order chi connectivity index (χ1) is 9.95. The molecule has 2 unspecified atom stereocenters. The topological polar surface area (TPSA) is 86.3 Å². The molecule has 1 aliphatic heterocycles. The van der Waals surface area contributed by atoms with E-state index in [1.165, 1.54) is 6.20 Å². The first-order valence-electron chi connectivity index (χ1n) is 7.69. The highest BCUT2D eigenvalue weighted by Gasteiger charge is 2.34. The van der Waals surface area contributed by atoms with Gasteiger partial charge in [0.15, 0.2) is 5.03 Å². The van der Waals surface area contributed by atoms with Crippen molar-refractivity contribution in [3.05, 3.63) is 12.0 Å². The van der Waals surface area contributed by atoms with Gasteiger partial charge in [-0.2, -0.15) is 4.31 Å². The first kappa shape index (κ1) is 16.5. The summed E-state index contributed by atoms with van der Waals surface area (Å²) >= 11 is 0. The molecule has 6 nitrogen and oxygen atoms in total. The minimum absolute atomic E-state index is 0.133. The maximum atomic E-state index is 12.8. The monoisotopic (exact) mass is 315 g/mol. The van der Waals surface area contributed by atoms with Crippen LogP contribution < -0.4 is 0 Å². The molecule has 21 heavy (non-hydrogen) atoms. The second-order valence-electron chi connectivity index (χ2n) is 5.75. The number of sulfonamides is 1. The van der Waals surface area contributed by atoms with E-state index >= 15 is 0 Å². The zero-order valence-corrected chi connectivity index (χ0v) is 13.6. The molecule has 0 aromatic carbocycles. The number of hydrogen-bond donors (Lipinski definition) is 2. The fraction of sp³-hybridized carbons (Fsp3) is 0.786. The maximum absolute atomic E-state index is 12.8. The number of hydrogen-bond acceptors (Lipinski definition) is 4. The summed E-state index contributed by atoms with van der Waals surface area (Å²) in [5.41, 5.74) is 0. The summed E-state index contributed by atoms with van der Waals surface area (Å²) in [6.45, 7) is 4.15. The van der Waals surface area contributed by atoms with E-state index in [0.717, 1.165) is 25.7 Å². The van der Waals surface area contributed by atoms with Gasteiger partial charge in [-0.25, -0.2) is 13.4 Å². The molecule has 1 aromatic heterocycles. The van der Waals surface area contributed by atoms with Crippen LogP contribution in [0.3, 0.4) is 0 Å². The lowest BCUT2D eigenvalue weighted by atomic mass is 10.1. The standard InChI is InChI=1S/C14H25N3O3S/c1-3-13-15-10-14(16-13)21(19,20)17-8-6-4-5-7-12(17)9-11(2)18/h10-12,18H,3-9H2,1-2H3,(H,15,16). The van der Waals surface area contributed by atoms with Crippen LogP contribution >= 0.6 is 0 Å². The summed E-state index contributed by atoms with van der Waals surface area (Å²) in [5.74, 6) is 0.676. The number of aromatic nitrogens is 2. The van der Waals surface area contributed by atoms with Crippen molar-refractivity contribution >= 4 is 10.0 Å². The zero-order chi connectivity index (χ0) is 15.5. The Bertz CT molecular complexity index is 554. The van der Waals surface area contributed by atoms with Crippen molar-refractivity contribution in [2.75, 3.05) is 6.54 Å². The molecule has 7 heteroatoms. The second kappa shape index (κ2) is 6.89. The molecule has 1 aliphatic rings. The number of H-pyrrole nitrogens is 1. The summed E-state index contributed by atoms with van der Waals surface area (Å²) < 4.78 is 27.2. The van der Waals surface area contributed by atoms with E-state index in [2.05, 4.69) is 9.97 Å². The number of aryl methyl sites for hydroxylation is 1. The molecule has 2 heterocycles. The van der Waals surface area contributed by atoms with Gasteiger partial charge in [0.05, 0.1) is 12.3 Å². The number of nitrogens with zero attached hydrogens (tertiary/aromatic N) is 2. The molecule has 0 saturated carbocycles. The van der Waals surface area contributed by atoms with Crippen molar-refractivity contribution in [1.82, 2.24) is 14.3 Å². The van der Waals surface area contributed by atoms with Gasteiger partial charge in [-0.1, -0.05) is 19.8 Å². The predicted molar refractivity (Wildman–Crippen MR) is 80.4 cm³/mol. The lowest BCUT2D eigenvalue weighted by Crippen LogP contribution is -2.41. The van der Waals surface area contributed by atoms with Crippen LogP contribution in [-0.4, -0.2) is 46.5 Å². The third kappa shape index (κ3) is 3.84. The summed E-state index contributed by atoms with van der Waals surface area (Å²) in [4.78, 5) is 6.99. The largest absolute Gasteiger partial charge is 0.393 e. The van der Waals surface area contributed by atoms with Crippen molar-refractivity contribution in [3.63, 3.8) is 0 Å². The van der Waals surface area contributed by atoms with Gasteiger partial charge >= 0.3 is 0 Å². The third-order valence-electron chi connectivity index (χ3n) is 3.96. The van der Waals surface area contributed by atoms with Crippen LogP contribution in [-0.2, 0) is 16.4 Å². The normalized spacial score (nSPS) is 22.9. The predicted octanol–water partition coefficient (Wildman–Crippen LogP) is 1.68. The SMILES string of the molecule is CCc1ncc(S(=O)(=O)N2CCCCCC2CC(C)O)[nH]1. The molecule has 0 bridgehead atoms. The molecular weight excluding hydrogens is 290 g/mol. The average molecular weight is 315 g/mol. The smallest absolute Gasteiger partial charge is 0.260 e. The molecule has 1 saturated heterocycles. The van der Waals surface area contributed by atoms with Gasteiger partial charge in [0.25, 0.3) is 10.0 Å². The van der Waals surface area contributed by atoms with Gasteiger partial charge in [-0.05, 0) is 26.2 Å². The Morgan fingerprint density at radius 3 is 2.86 bits per heavy atom. The van der Waals surface area contributed by atoms with Crippen LogP contribution in [0.25, 0.3) is 0 Å². The van der Waals surface area contributed by atoms with Gasteiger partial charge in [0, 0.05) is 19.0 Å². The van der Waals surface area contributed by atoms with Crippen molar-refractivity contribution in [3.8, 4) is 0 Å². The van der Waals surface area contributed by atoms with E-state index in [9.17, 15) is 13.5 Å². The number of rotatable bonds is 5. The number of nitrogens with one attached hydrogen (secondary N) is 1. The van der Waals surface area contributed by atoms with Crippen molar-refractivity contribution in [2.45, 2.75) is 69.5 Å². The Morgan fingerprint density at radius 2 is 2.24 bits per heavy atom. The van der Waals surface area contributed by atoms with Crippen LogP contribution in [0.5, 0.6) is 0 Å². The Kier molecular flexibility index (Phi) is 5.40. The van der Waals surface area contributed by atoms with Gasteiger partial charge in [-0.15, -0.1) is 0 Å². The van der Waals surface area contributed by atoms with Crippen molar-refractivity contribution < 1.29 is 13.5 Å². The molecular formula is C14H25N3O3S. The fourth-order valence-corrected chi connectivity index (χ4v) is 4.52. The van der Waals surface area contributed by atoms with Gasteiger partial charge in [-0.3, -0.25) is 0 Å². The third-order valence-corrected chi connectivity index (χ3v) is 5.82. The van der Waals surface area contributed by atoms with E-state index in [1.807, 2.05) is 6.92 Å². The van der Waals surface area contributed by atoms with E-state index in [1.54, 1.807) is 11.2 Å². The van der Waals surface area contributed by atoms with Gasteiger partial charge in [0.1, 0.15) is 5.82 Å². The Hall–Kier alpha value is -0.920. The molecule has 0 amide bonds. The van der Waals surface area contributed by atoms with Crippen LogP contribution in [0.2, 0.25) is 0 Å². The lowest BCUT2D eigenvalue weighted by Gasteiger charge is -2.29. The Labute approximate surface area is 126 Å². The number of aromatic amines is 1. The van der Waals surface area contributed by atoms with Crippen LogP contribution in [0, 0.1) is 0 Å². The van der Waals surface area contributed by atoms with Crippen LogP contribution in [0.15, 0.2) is 11.2 Å². The highest BCUT2D eigenvalue weighted by molar-refractivity contribution is 7.89. The quantitative estimate of drug-likeness (QED) is 0.865. The molecule has 2 N–H and O–H groups in total. The molecule has 0 radical (unpaired) electrons. The van der Waals surface area contributed by atoms with Gasteiger partial charge in [0.2, 0.25) is 0 Å². The van der Waals surface area contributed by atoms with Crippen LogP contribution in [0.4, 0.5) is 0 Å². The summed E-state index contributed by atoms with van der Waals surface area (Å²) in [6, 6.07) is -0.133. The van der Waals surface area contributed by atoms with E-state index in [0.29, 0.717) is 25.2 Å². The second-order valence-corrected chi connectivity index (χ2v) is 7.61. The molecule has 2 rings (SSSR count). The molecule has 0 aliphatic carbocycles. The Balaban J connectivity index is 2.29. The highest BCUT2D eigenvalue weighted by Crippen LogP contribution is 2.26. The summed E-state index contributed by atoms with van der Waals surface area (Å²) in [5, 5.41) is 9.81. The maximum Gasteiger partial charge on any atom is 0.260 e. The molecule has 120 valence electrons. The number of aliphatic hydroxyl groups is 1. The highest BCUT2D eigenvalue weighted by atomic mass is 32.2. The van der Waals surface area contributed by atoms with Crippen molar-refractivity contribution in [2.24, 2.45) is 0 Å². The molecule has 2 atom stereocenters. The zero-order valence-electron chi connectivity index (χ0n) is 12.7.